The lowest BCUT2D eigenvalue weighted by atomic mass is 9.93. The van der Waals surface area contributed by atoms with E-state index in [0.717, 1.165) is 61.8 Å². The highest BCUT2D eigenvalue weighted by molar-refractivity contribution is 6.31. The van der Waals surface area contributed by atoms with Crippen LogP contribution < -0.4 is 0 Å². The van der Waals surface area contributed by atoms with Crippen LogP contribution in [0, 0.1) is 6.92 Å². The van der Waals surface area contributed by atoms with Crippen LogP contribution in [0.2, 0.25) is 5.02 Å². The summed E-state index contributed by atoms with van der Waals surface area (Å²) in [5.74, 6) is 0.822. The summed E-state index contributed by atoms with van der Waals surface area (Å²) >= 11 is 6.43. The van der Waals surface area contributed by atoms with Gasteiger partial charge >= 0.3 is 0 Å². The number of pyridine rings is 2. The van der Waals surface area contributed by atoms with Crippen LogP contribution in [-0.4, -0.2) is 19.9 Å². The Morgan fingerprint density at radius 1 is 0.657 bits per heavy atom. The second-order valence-electron chi connectivity index (χ2n) is 8.45. The number of aryl methyl sites for hydroxylation is 1. The van der Waals surface area contributed by atoms with Crippen molar-refractivity contribution in [3.05, 3.63) is 114 Å². The maximum atomic E-state index is 6.43. The lowest BCUT2D eigenvalue weighted by Crippen LogP contribution is -1.93. The van der Waals surface area contributed by atoms with Gasteiger partial charge in [0, 0.05) is 22.3 Å². The van der Waals surface area contributed by atoms with E-state index in [-0.39, 0.29) is 0 Å². The fraction of sp³-hybridized carbons (Fsp3) is 0.0333. The Hall–Kier alpha value is -4.28. The molecular formula is C30H21ClN4. The Bertz CT molecular complexity index is 1640. The number of nitrogens with one attached hydrogen (secondary N) is 1. The van der Waals surface area contributed by atoms with E-state index in [1.54, 1.807) is 6.20 Å². The molecule has 3 aromatic carbocycles. The standard InChI is InChI=1S/C30H21ClN4/c1-19-12-14-21(31)18-23(19)24-17-20(25-10-6-11-27(33-25)26-7-4-5-16-32-26)13-15-22(24)30-34-28-8-2-3-9-29(28)35-30/h2-18H,1H3,(H,34,35). The van der Waals surface area contributed by atoms with E-state index in [1.807, 2.05) is 78.9 Å². The van der Waals surface area contributed by atoms with Crippen LogP contribution in [0.3, 0.4) is 0 Å². The molecule has 0 saturated carbocycles. The summed E-state index contributed by atoms with van der Waals surface area (Å²) in [4.78, 5) is 17.7. The number of hydrogen-bond acceptors (Lipinski definition) is 3. The number of H-pyrrole nitrogens is 1. The van der Waals surface area contributed by atoms with Gasteiger partial charge in [0.25, 0.3) is 0 Å². The molecule has 3 heterocycles. The first-order valence-corrected chi connectivity index (χ1v) is 11.8. The van der Waals surface area contributed by atoms with Crippen LogP contribution in [0.4, 0.5) is 0 Å². The molecule has 5 heteroatoms. The maximum absolute atomic E-state index is 6.43. The average Bonchev–Trinajstić information content (AvgIpc) is 3.34. The van der Waals surface area contributed by atoms with Crippen molar-refractivity contribution in [3.8, 4) is 45.2 Å². The van der Waals surface area contributed by atoms with Crippen LogP contribution in [0.15, 0.2) is 103 Å². The molecular weight excluding hydrogens is 452 g/mol. The molecule has 0 aliphatic heterocycles. The highest BCUT2D eigenvalue weighted by Gasteiger charge is 2.16. The number of aromatic nitrogens is 4. The molecule has 0 bridgehead atoms. The van der Waals surface area contributed by atoms with Gasteiger partial charge in [0.1, 0.15) is 5.82 Å². The topological polar surface area (TPSA) is 54.5 Å². The minimum atomic E-state index is 0.696. The molecule has 6 aromatic rings. The molecule has 0 saturated heterocycles. The van der Waals surface area contributed by atoms with E-state index >= 15 is 0 Å². The van der Waals surface area contributed by atoms with Crippen molar-refractivity contribution in [2.45, 2.75) is 6.92 Å². The zero-order valence-electron chi connectivity index (χ0n) is 19.0. The summed E-state index contributed by atoms with van der Waals surface area (Å²) in [6.07, 6.45) is 1.78. The molecule has 0 fully saturated rings. The van der Waals surface area contributed by atoms with Gasteiger partial charge in [0.15, 0.2) is 0 Å². The summed E-state index contributed by atoms with van der Waals surface area (Å²) < 4.78 is 0. The third-order valence-electron chi connectivity index (χ3n) is 6.13. The molecule has 0 aliphatic rings. The normalized spacial score (nSPS) is 11.1. The minimum Gasteiger partial charge on any atom is -0.338 e. The Morgan fingerprint density at radius 2 is 1.49 bits per heavy atom. The molecule has 1 N–H and O–H groups in total. The zero-order valence-corrected chi connectivity index (χ0v) is 19.8. The van der Waals surface area contributed by atoms with E-state index in [0.29, 0.717) is 5.02 Å². The molecule has 35 heavy (non-hydrogen) atoms. The molecule has 168 valence electrons. The van der Waals surface area contributed by atoms with Crippen LogP contribution in [-0.2, 0) is 0 Å². The van der Waals surface area contributed by atoms with Crippen LogP contribution in [0.5, 0.6) is 0 Å². The van der Waals surface area contributed by atoms with Crippen molar-refractivity contribution >= 4 is 22.6 Å². The van der Waals surface area contributed by atoms with E-state index in [2.05, 4.69) is 35.1 Å². The van der Waals surface area contributed by atoms with E-state index in [9.17, 15) is 0 Å². The molecule has 0 radical (unpaired) electrons. The number of nitrogens with zero attached hydrogens (tertiary/aromatic N) is 3. The number of hydrogen-bond donors (Lipinski definition) is 1. The molecule has 0 amide bonds. The molecule has 0 atom stereocenters. The van der Waals surface area contributed by atoms with E-state index in [1.165, 1.54) is 0 Å². The predicted molar refractivity (Wildman–Crippen MR) is 143 cm³/mol. The van der Waals surface area contributed by atoms with Crippen molar-refractivity contribution in [2.24, 2.45) is 0 Å². The highest BCUT2D eigenvalue weighted by Crippen LogP contribution is 2.37. The SMILES string of the molecule is Cc1ccc(Cl)cc1-c1cc(-c2cccc(-c3ccccn3)n2)ccc1-c1nc2ccccc2[nH]1. The van der Waals surface area contributed by atoms with Gasteiger partial charge in [-0.3, -0.25) is 4.98 Å². The first-order chi connectivity index (χ1) is 17.2. The van der Waals surface area contributed by atoms with Crippen molar-refractivity contribution < 1.29 is 0 Å². The average molecular weight is 473 g/mol. The van der Waals surface area contributed by atoms with Crippen LogP contribution in [0.25, 0.3) is 56.2 Å². The fourth-order valence-electron chi connectivity index (χ4n) is 4.35. The third-order valence-corrected chi connectivity index (χ3v) is 6.36. The number of imidazole rings is 1. The van der Waals surface area contributed by atoms with Crippen molar-refractivity contribution in [3.63, 3.8) is 0 Å². The number of halogens is 1. The Balaban J connectivity index is 1.54. The summed E-state index contributed by atoms with van der Waals surface area (Å²) in [6.45, 7) is 2.10. The van der Waals surface area contributed by atoms with Crippen molar-refractivity contribution in [1.82, 2.24) is 19.9 Å². The van der Waals surface area contributed by atoms with Crippen LogP contribution >= 0.6 is 11.6 Å². The summed E-state index contributed by atoms with van der Waals surface area (Å²) in [5.41, 5.74) is 9.78. The molecule has 0 unspecified atom stereocenters. The molecule has 4 nitrogen and oxygen atoms in total. The lowest BCUT2D eigenvalue weighted by molar-refractivity contribution is 1.25. The van der Waals surface area contributed by atoms with Gasteiger partial charge < -0.3 is 4.98 Å². The molecule has 0 aliphatic carbocycles. The third kappa shape index (κ3) is 4.09. The number of para-hydroxylation sites is 2. The van der Waals surface area contributed by atoms with Gasteiger partial charge in [-0.05, 0) is 84.3 Å². The highest BCUT2D eigenvalue weighted by atomic mass is 35.5. The largest absolute Gasteiger partial charge is 0.338 e. The number of fused-ring (bicyclic) bond motifs is 1. The van der Waals surface area contributed by atoms with E-state index in [4.69, 9.17) is 21.6 Å². The van der Waals surface area contributed by atoms with Gasteiger partial charge in [0.05, 0.1) is 28.1 Å². The van der Waals surface area contributed by atoms with Crippen molar-refractivity contribution in [1.29, 1.82) is 0 Å². The first-order valence-electron chi connectivity index (χ1n) is 11.4. The second kappa shape index (κ2) is 8.82. The monoisotopic (exact) mass is 472 g/mol. The van der Waals surface area contributed by atoms with Gasteiger partial charge in [-0.25, -0.2) is 9.97 Å². The smallest absolute Gasteiger partial charge is 0.139 e. The van der Waals surface area contributed by atoms with Gasteiger partial charge in [0.2, 0.25) is 0 Å². The molecule has 6 rings (SSSR count). The van der Waals surface area contributed by atoms with Gasteiger partial charge in [-0.2, -0.15) is 0 Å². The number of rotatable bonds is 4. The number of benzene rings is 3. The van der Waals surface area contributed by atoms with E-state index < -0.39 is 0 Å². The zero-order chi connectivity index (χ0) is 23.8. The minimum absolute atomic E-state index is 0.696. The van der Waals surface area contributed by atoms with Crippen molar-refractivity contribution in [2.75, 3.05) is 0 Å². The van der Waals surface area contributed by atoms with Gasteiger partial charge in [-0.15, -0.1) is 0 Å². The van der Waals surface area contributed by atoms with Gasteiger partial charge in [-0.1, -0.05) is 48.0 Å². The molecule has 3 aromatic heterocycles. The summed E-state index contributed by atoms with van der Waals surface area (Å²) in [7, 11) is 0. The Labute approximate surface area is 208 Å². The quantitative estimate of drug-likeness (QED) is 0.283. The first kappa shape index (κ1) is 21.3. The lowest BCUT2D eigenvalue weighted by Gasteiger charge is -2.14. The summed E-state index contributed by atoms with van der Waals surface area (Å²) in [6, 6.07) is 32.3. The predicted octanol–water partition coefficient (Wildman–Crippen LogP) is 7.98. The van der Waals surface area contributed by atoms with Crippen LogP contribution in [0.1, 0.15) is 5.56 Å². The second-order valence-corrected chi connectivity index (χ2v) is 8.88. The Kier molecular flexibility index (Phi) is 5.36. The Morgan fingerprint density at radius 3 is 2.34 bits per heavy atom. The summed E-state index contributed by atoms with van der Waals surface area (Å²) in [5, 5.41) is 0.696. The maximum Gasteiger partial charge on any atom is 0.139 e. The number of aromatic amines is 1. The fourth-order valence-corrected chi connectivity index (χ4v) is 4.52. The molecule has 0 spiro atoms.